The molecule has 0 saturated carbocycles. The van der Waals surface area contributed by atoms with Crippen LogP contribution in [-0.2, 0) is 0 Å². The summed E-state index contributed by atoms with van der Waals surface area (Å²) in [6.07, 6.45) is 1.09. The number of rotatable bonds is 3. The molecule has 124 valence electrons. The van der Waals surface area contributed by atoms with Crippen molar-refractivity contribution >= 4 is 29.7 Å². The molecule has 0 bridgehead atoms. The van der Waals surface area contributed by atoms with Crippen molar-refractivity contribution in [3.8, 4) is 10.6 Å². The van der Waals surface area contributed by atoms with Crippen LogP contribution in [0, 0.1) is 12.8 Å². The second kappa shape index (κ2) is 7.90. The van der Waals surface area contributed by atoms with Crippen molar-refractivity contribution in [2.75, 3.05) is 13.1 Å². The van der Waals surface area contributed by atoms with Gasteiger partial charge in [0.1, 0.15) is 10.7 Å². The van der Waals surface area contributed by atoms with Crippen LogP contribution >= 0.6 is 23.7 Å². The maximum Gasteiger partial charge on any atom is 0.271 e. The van der Waals surface area contributed by atoms with E-state index in [0.717, 1.165) is 30.1 Å². The van der Waals surface area contributed by atoms with Gasteiger partial charge in [0.15, 0.2) is 0 Å². The largest absolute Gasteiger partial charge is 0.346 e. The zero-order valence-electron chi connectivity index (χ0n) is 13.3. The number of hydrogen-bond donors (Lipinski definition) is 2. The number of nitrogens with zero attached hydrogens (tertiary/aromatic N) is 1. The number of nitrogens with one attached hydrogen (secondary N) is 2. The number of aromatic nitrogens is 1. The molecule has 1 aromatic heterocycles. The zero-order chi connectivity index (χ0) is 15.5. The second-order valence-electron chi connectivity index (χ2n) is 5.90. The Balaban J connectivity index is 0.00000192. The predicted octanol–water partition coefficient (Wildman–Crippen LogP) is 3.27. The molecule has 2 N–H and O–H groups in total. The van der Waals surface area contributed by atoms with E-state index in [2.05, 4.69) is 35.5 Å². The van der Waals surface area contributed by atoms with E-state index in [1.54, 1.807) is 0 Å². The summed E-state index contributed by atoms with van der Waals surface area (Å²) < 4.78 is 0. The minimum absolute atomic E-state index is 0. The van der Waals surface area contributed by atoms with Gasteiger partial charge in [-0.3, -0.25) is 4.79 Å². The third-order valence-electron chi connectivity index (χ3n) is 4.26. The van der Waals surface area contributed by atoms with Crippen LogP contribution in [0.3, 0.4) is 0 Å². The molecule has 23 heavy (non-hydrogen) atoms. The topological polar surface area (TPSA) is 54.0 Å². The van der Waals surface area contributed by atoms with E-state index in [-0.39, 0.29) is 24.4 Å². The Morgan fingerprint density at radius 1 is 1.39 bits per heavy atom. The molecule has 1 aromatic carbocycles. The quantitative estimate of drug-likeness (QED) is 0.892. The van der Waals surface area contributed by atoms with Gasteiger partial charge in [-0.2, -0.15) is 0 Å². The molecule has 0 radical (unpaired) electrons. The highest BCUT2D eigenvalue weighted by molar-refractivity contribution is 7.13. The molecule has 0 spiro atoms. The van der Waals surface area contributed by atoms with E-state index in [0.29, 0.717) is 11.6 Å². The number of amides is 1. The Morgan fingerprint density at radius 3 is 2.91 bits per heavy atom. The molecule has 1 amide bonds. The monoisotopic (exact) mass is 351 g/mol. The SMILES string of the molecule is Cc1ccccc1-c1nc(C(=O)NC2CNCCC2C)cs1.Cl. The maximum atomic E-state index is 12.4. The van der Waals surface area contributed by atoms with Crippen molar-refractivity contribution in [3.63, 3.8) is 0 Å². The van der Waals surface area contributed by atoms with Crippen LogP contribution in [0.1, 0.15) is 29.4 Å². The number of hydrogen-bond acceptors (Lipinski definition) is 4. The van der Waals surface area contributed by atoms with Crippen molar-refractivity contribution in [2.45, 2.75) is 26.3 Å². The molecular weight excluding hydrogens is 330 g/mol. The second-order valence-corrected chi connectivity index (χ2v) is 6.76. The van der Waals surface area contributed by atoms with Gasteiger partial charge < -0.3 is 10.6 Å². The number of halogens is 1. The molecule has 4 nitrogen and oxygen atoms in total. The van der Waals surface area contributed by atoms with Gasteiger partial charge in [0, 0.05) is 23.5 Å². The van der Waals surface area contributed by atoms with Gasteiger partial charge >= 0.3 is 0 Å². The maximum absolute atomic E-state index is 12.4. The molecule has 2 aromatic rings. The van der Waals surface area contributed by atoms with Crippen molar-refractivity contribution in [2.24, 2.45) is 5.92 Å². The fourth-order valence-corrected chi connectivity index (χ4v) is 3.63. The lowest BCUT2D eigenvalue weighted by Crippen LogP contribution is -2.50. The number of benzene rings is 1. The minimum atomic E-state index is -0.0726. The summed E-state index contributed by atoms with van der Waals surface area (Å²) in [6, 6.07) is 8.30. The summed E-state index contributed by atoms with van der Waals surface area (Å²) in [5, 5.41) is 9.18. The molecule has 1 saturated heterocycles. The van der Waals surface area contributed by atoms with Gasteiger partial charge in [0.05, 0.1) is 0 Å². The summed E-state index contributed by atoms with van der Waals surface area (Å²) in [6.45, 7) is 6.11. The summed E-state index contributed by atoms with van der Waals surface area (Å²) in [7, 11) is 0. The molecule has 6 heteroatoms. The number of piperidine rings is 1. The van der Waals surface area contributed by atoms with Crippen LogP contribution in [-0.4, -0.2) is 30.0 Å². The molecule has 3 rings (SSSR count). The molecule has 1 fully saturated rings. The first-order chi connectivity index (χ1) is 10.6. The van der Waals surface area contributed by atoms with E-state index < -0.39 is 0 Å². The lowest BCUT2D eigenvalue weighted by molar-refractivity contribution is 0.0911. The van der Waals surface area contributed by atoms with Crippen LogP contribution in [0.4, 0.5) is 0 Å². The Hall–Kier alpha value is -1.43. The highest BCUT2D eigenvalue weighted by atomic mass is 35.5. The van der Waals surface area contributed by atoms with Gasteiger partial charge in [-0.25, -0.2) is 4.98 Å². The Labute approximate surface area is 147 Å². The molecule has 2 atom stereocenters. The van der Waals surface area contributed by atoms with Crippen LogP contribution in [0.25, 0.3) is 10.6 Å². The van der Waals surface area contributed by atoms with Crippen LogP contribution < -0.4 is 10.6 Å². The fourth-order valence-electron chi connectivity index (χ4n) is 2.74. The Kier molecular flexibility index (Phi) is 6.16. The van der Waals surface area contributed by atoms with E-state index >= 15 is 0 Å². The Morgan fingerprint density at radius 2 is 2.17 bits per heavy atom. The highest BCUT2D eigenvalue weighted by Crippen LogP contribution is 2.26. The summed E-state index contributed by atoms with van der Waals surface area (Å²) in [4.78, 5) is 16.9. The van der Waals surface area contributed by atoms with Crippen LogP contribution in [0.15, 0.2) is 29.6 Å². The third kappa shape index (κ3) is 4.10. The third-order valence-corrected chi connectivity index (χ3v) is 5.13. The van der Waals surface area contributed by atoms with E-state index in [1.165, 1.54) is 16.9 Å². The van der Waals surface area contributed by atoms with Crippen molar-refractivity contribution in [1.29, 1.82) is 0 Å². The number of carbonyl (C=O) groups excluding carboxylic acids is 1. The van der Waals surface area contributed by atoms with Gasteiger partial charge in [-0.15, -0.1) is 23.7 Å². The minimum Gasteiger partial charge on any atom is -0.346 e. The van der Waals surface area contributed by atoms with Gasteiger partial charge in [-0.1, -0.05) is 31.2 Å². The van der Waals surface area contributed by atoms with E-state index in [1.807, 2.05) is 23.6 Å². The first-order valence-electron chi connectivity index (χ1n) is 7.68. The molecule has 0 aliphatic carbocycles. The molecular formula is C17H22ClN3OS. The first kappa shape index (κ1) is 17.9. The van der Waals surface area contributed by atoms with Crippen molar-refractivity contribution < 1.29 is 4.79 Å². The lowest BCUT2D eigenvalue weighted by Gasteiger charge is -2.29. The van der Waals surface area contributed by atoms with Gasteiger partial charge in [-0.05, 0) is 31.4 Å². The van der Waals surface area contributed by atoms with Gasteiger partial charge in [0.25, 0.3) is 5.91 Å². The van der Waals surface area contributed by atoms with E-state index in [4.69, 9.17) is 0 Å². The molecule has 2 unspecified atom stereocenters. The fraction of sp³-hybridized carbons (Fsp3) is 0.412. The van der Waals surface area contributed by atoms with Crippen LogP contribution in [0.5, 0.6) is 0 Å². The summed E-state index contributed by atoms with van der Waals surface area (Å²) in [5.74, 6) is 0.427. The van der Waals surface area contributed by atoms with Crippen molar-refractivity contribution in [3.05, 3.63) is 40.9 Å². The summed E-state index contributed by atoms with van der Waals surface area (Å²) >= 11 is 1.52. The van der Waals surface area contributed by atoms with Gasteiger partial charge in [0.2, 0.25) is 0 Å². The predicted molar refractivity (Wildman–Crippen MR) is 97.4 cm³/mol. The van der Waals surface area contributed by atoms with Crippen molar-refractivity contribution in [1.82, 2.24) is 15.6 Å². The van der Waals surface area contributed by atoms with E-state index in [9.17, 15) is 4.79 Å². The smallest absolute Gasteiger partial charge is 0.271 e. The standard InChI is InChI=1S/C17H21N3OS.ClH/c1-11-5-3-4-6-13(11)17-20-15(10-22-17)16(21)19-14-9-18-8-7-12(14)2;/h3-6,10,12,14,18H,7-9H2,1-2H3,(H,19,21);1H. The molecule has 1 aliphatic heterocycles. The zero-order valence-corrected chi connectivity index (χ0v) is 15.0. The first-order valence-corrected chi connectivity index (χ1v) is 8.56. The highest BCUT2D eigenvalue weighted by Gasteiger charge is 2.24. The lowest BCUT2D eigenvalue weighted by atomic mass is 9.95. The average Bonchev–Trinajstić information content (AvgIpc) is 3.00. The number of thiazole rings is 1. The number of aryl methyl sites for hydroxylation is 1. The Bertz CT molecular complexity index is 673. The number of carbonyl (C=O) groups is 1. The normalized spacial score (nSPS) is 20.6. The molecule has 1 aliphatic rings. The summed E-state index contributed by atoms with van der Waals surface area (Å²) in [5.41, 5.74) is 2.79. The molecule has 2 heterocycles. The van der Waals surface area contributed by atoms with Crippen LogP contribution in [0.2, 0.25) is 0 Å². The average molecular weight is 352 g/mol.